The summed E-state index contributed by atoms with van der Waals surface area (Å²) in [7, 11) is 0. The summed E-state index contributed by atoms with van der Waals surface area (Å²) in [6.45, 7) is 16.7. The molecule has 2 aliphatic heterocycles. The molecular weight excluding hydrogens is 286 g/mol. The van der Waals surface area contributed by atoms with Gasteiger partial charge in [-0.2, -0.15) is 0 Å². The zero-order valence-electron chi connectivity index (χ0n) is 15.8. The summed E-state index contributed by atoms with van der Waals surface area (Å²) >= 11 is 0. The molecule has 2 fully saturated rings. The van der Waals surface area contributed by atoms with Gasteiger partial charge in [-0.25, -0.2) is 0 Å². The Bertz CT molecular complexity index is 354. The van der Waals surface area contributed by atoms with E-state index in [-0.39, 0.29) is 0 Å². The van der Waals surface area contributed by atoms with Crippen LogP contribution in [0.25, 0.3) is 0 Å². The van der Waals surface area contributed by atoms with Crippen LogP contribution in [0.4, 0.5) is 0 Å². The van der Waals surface area contributed by atoms with Crippen LogP contribution in [0.1, 0.15) is 53.4 Å². The molecule has 134 valence electrons. The average molecular weight is 324 g/mol. The second-order valence-electron chi connectivity index (χ2n) is 8.19. The van der Waals surface area contributed by atoms with E-state index >= 15 is 0 Å². The second kappa shape index (κ2) is 9.03. The number of amides is 1. The molecule has 2 saturated heterocycles. The number of nitrogens with zero attached hydrogens (tertiary/aromatic N) is 3. The summed E-state index contributed by atoms with van der Waals surface area (Å²) in [6.07, 6.45) is 4.43. The van der Waals surface area contributed by atoms with Crippen molar-refractivity contribution in [2.45, 2.75) is 59.4 Å². The molecule has 0 saturated carbocycles. The molecule has 23 heavy (non-hydrogen) atoms. The van der Waals surface area contributed by atoms with Crippen LogP contribution in [0, 0.1) is 11.8 Å². The predicted molar refractivity (Wildman–Crippen MR) is 96.5 cm³/mol. The van der Waals surface area contributed by atoms with Gasteiger partial charge in [0.15, 0.2) is 0 Å². The van der Waals surface area contributed by atoms with Crippen molar-refractivity contribution in [2.24, 2.45) is 11.8 Å². The summed E-state index contributed by atoms with van der Waals surface area (Å²) in [5.74, 6) is 1.84. The largest absolute Gasteiger partial charge is 0.340 e. The molecular formula is C19H37N3O. The van der Waals surface area contributed by atoms with Gasteiger partial charge in [-0.3, -0.25) is 9.69 Å². The normalized spacial score (nSPS) is 22.3. The maximum absolute atomic E-state index is 12.2. The number of rotatable bonds is 6. The number of piperidine rings is 1. The van der Waals surface area contributed by atoms with E-state index in [9.17, 15) is 4.79 Å². The summed E-state index contributed by atoms with van der Waals surface area (Å²) in [4.78, 5) is 19.5. The van der Waals surface area contributed by atoms with Gasteiger partial charge in [0.25, 0.3) is 0 Å². The molecule has 0 bridgehead atoms. The molecule has 1 amide bonds. The Morgan fingerprint density at radius 2 is 1.57 bits per heavy atom. The predicted octanol–water partition coefficient (Wildman–Crippen LogP) is 2.69. The first kappa shape index (κ1) is 18.7. The molecule has 0 aliphatic carbocycles. The number of carbonyl (C=O) groups excluding carboxylic acids is 1. The van der Waals surface area contributed by atoms with Gasteiger partial charge >= 0.3 is 0 Å². The Hall–Kier alpha value is -0.610. The molecule has 0 radical (unpaired) electrons. The van der Waals surface area contributed by atoms with Gasteiger partial charge in [0.1, 0.15) is 0 Å². The lowest BCUT2D eigenvalue weighted by Gasteiger charge is -2.39. The molecule has 0 aromatic heterocycles. The van der Waals surface area contributed by atoms with Crippen LogP contribution < -0.4 is 0 Å². The van der Waals surface area contributed by atoms with E-state index < -0.39 is 0 Å². The smallest absolute Gasteiger partial charge is 0.222 e. The van der Waals surface area contributed by atoms with Gasteiger partial charge in [0.05, 0.1) is 0 Å². The Labute approximate surface area is 143 Å². The van der Waals surface area contributed by atoms with E-state index in [1.165, 1.54) is 32.5 Å². The van der Waals surface area contributed by atoms with Gasteiger partial charge in [-0.15, -0.1) is 0 Å². The number of piperazine rings is 1. The van der Waals surface area contributed by atoms with E-state index in [0.29, 0.717) is 17.9 Å². The molecule has 0 aromatic carbocycles. The lowest BCUT2D eigenvalue weighted by molar-refractivity contribution is -0.133. The SMILES string of the molecule is CC(C)CCC(=O)N1CCN(CC2CCN(C(C)C)CC2)CC1. The zero-order chi connectivity index (χ0) is 16.8. The van der Waals surface area contributed by atoms with Crippen molar-refractivity contribution in [3.63, 3.8) is 0 Å². The van der Waals surface area contributed by atoms with Crippen LogP contribution in [0.2, 0.25) is 0 Å². The van der Waals surface area contributed by atoms with E-state index in [2.05, 4.69) is 42.4 Å². The zero-order valence-corrected chi connectivity index (χ0v) is 15.8. The number of hydrogen-bond donors (Lipinski definition) is 0. The van der Waals surface area contributed by atoms with Gasteiger partial charge in [0.2, 0.25) is 5.91 Å². The molecule has 0 unspecified atom stereocenters. The first-order valence-corrected chi connectivity index (χ1v) is 9.70. The highest BCUT2D eigenvalue weighted by Crippen LogP contribution is 2.20. The van der Waals surface area contributed by atoms with E-state index in [1.807, 2.05) is 0 Å². The highest BCUT2D eigenvalue weighted by molar-refractivity contribution is 5.76. The Balaban J connectivity index is 1.64. The van der Waals surface area contributed by atoms with E-state index in [0.717, 1.165) is 44.9 Å². The van der Waals surface area contributed by atoms with E-state index in [4.69, 9.17) is 0 Å². The molecule has 2 aliphatic rings. The standard InChI is InChI=1S/C19H37N3O/c1-16(2)5-6-19(23)22-13-11-20(12-14-22)15-18-7-9-21(10-8-18)17(3)4/h16-18H,5-15H2,1-4H3. The monoisotopic (exact) mass is 323 g/mol. The van der Waals surface area contributed by atoms with Gasteiger partial charge in [-0.05, 0) is 58.0 Å². The molecule has 2 rings (SSSR count). The van der Waals surface area contributed by atoms with Crippen molar-refractivity contribution in [3.05, 3.63) is 0 Å². The van der Waals surface area contributed by atoms with Gasteiger partial charge in [-0.1, -0.05) is 13.8 Å². The average Bonchev–Trinajstić information content (AvgIpc) is 2.54. The van der Waals surface area contributed by atoms with Crippen molar-refractivity contribution >= 4 is 5.91 Å². The fourth-order valence-corrected chi connectivity index (χ4v) is 3.77. The second-order valence-corrected chi connectivity index (χ2v) is 8.19. The van der Waals surface area contributed by atoms with Crippen molar-refractivity contribution < 1.29 is 4.79 Å². The maximum Gasteiger partial charge on any atom is 0.222 e. The third-order valence-electron chi connectivity index (χ3n) is 5.56. The van der Waals surface area contributed by atoms with Gasteiger partial charge in [0, 0.05) is 45.2 Å². The summed E-state index contributed by atoms with van der Waals surface area (Å²) in [6, 6.07) is 0.691. The number of likely N-dealkylation sites (tertiary alicyclic amines) is 1. The third kappa shape index (κ3) is 6.07. The minimum absolute atomic E-state index is 0.364. The quantitative estimate of drug-likeness (QED) is 0.752. The van der Waals surface area contributed by atoms with Crippen LogP contribution in [-0.4, -0.2) is 72.5 Å². The Morgan fingerprint density at radius 1 is 0.957 bits per heavy atom. The third-order valence-corrected chi connectivity index (χ3v) is 5.56. The van der Waals surface area contributed by atoms with Crippen molar-refractivity contribution in [1.82, 2.24) is 14.7 Å². The molecule has 4 nitrogen and oxygen atoms in total. The first-order valence-electron chi connectivity index (χ1n) is 9.70. The highest BCUT2D eigenvalue weighted by Gasteiger charge is 2.25. The van der Waals surface area contributed by atoms with Crippen LogP contribution in [0.3, 0.4) is 0 Å². The van der Waals surface area contributed by atoms with Crippen molar-refractivity contribution in [1.29, 1.82) is 0 Å². The summed E-state index contributed by atoms with van der Waals surface area (Å²) in [5, 5.41) is 0. The van der Waals surface area contributed by atoms with Crippen molar-refractivity contribution in [3.8, 4) is 0 Å². The summed E-state index contributed by atoms with van der Waals surface area (Å²) < 4.78 is 0. The minimum Gasteiger partial charge on any atom is -0.340 e. The van der Waals surface area contributed by atoms with Crippen LogP contribution >= 0.6 is 0 Å². The van der Waals surface area contributed by atoms with Gasteiger partial charge < -0.3 is 9.80 Å². The highest BCUT2D eigenvalue weighted by atomic mass is 16.2. The summed E-state index contributed by atoms with van der Waals surface area (Å²) in [5.41, 5.74) is 0. The molecule has 0 spiro atoms. The number of hydrogen-bond acceptors (Lipinski definition) is 3. The lowest BCUT2D eigenvalue weighted by Crippen LogP contribution is -2.50. The minimum atomic E-state index is 0.364. The van der Waals surface area contributed by atoms with Crippen LogP contribution in [0.5, 0.6) is 0 Å². The first-order chi connectivity index (χ1) is 11.0. The topological polar surface area (TPSA) is 26.8 Å². The van der Waals surface area contributed by atoms with Crippen LogP contribution in [-0.2, 0) is 4.79 Å². The number of carbonyl (C=O) groups is 1. The maximum atomic E-state index is 12.2. The molecule has 2 heterocycles. The molecule has 0 atom stereocenters. The molecule has 4 heteroatoms. The fourth-order valence-electron chi connectivity index (χ4n) is 3.77. The molecule has 0 aromatic rings. The molecule has 0 N–H and O–H groups in total. The fraction of sp³-hybridized carbons (Fsp3) is 0.947. The van der Waals surface area contributed by atoms with Crippen molar-refractivity contribution in [2.75, 3.05) is 45.8 Å². The van der Waals surface area contributed by atoms with E-state index in [1.54, 1.807) is 0 Å². The van der Waals surface area contributed by atoms with Crippen LogP contribution in [0.15, 0.2) is 0 Å². The Kier molecular flexibility index (Phi) is 7.35. The lowest BCUT2D eigenvalue weighted by atomic mass is 9.95. The Morgan fingerprint density at radius 3 is 2.09 bits per heavy atom.